The Morgan fingerprint density at radius 2 is 2.15 bits per heavy atom. The zero-order chi connectivity index (χ0) is 14.5. The summed E-state index contributed by atoms with van der Waals surface area (Å²) in [5.74, 6) is 0.745. The van der Waals surface area contributed by atoms with Gasteiger partial charge in [0.2, 0.25) is 0 Å². The summed E-state index contributed by atoms with van der Waals surface area (Å²) in [6.07, 6.45) is 2.11. The van der Waals surface area contributed by atoms with E-state index in [0.29, 0.717) is 13.2 Å². The molecule has 4 nitrogen and oxygen atoms in total. The predicted molar refractivity (Wildman–Crippen MR) is 83.5 cm³/mol. The fourth-order valence-electron chi connectivity index (χ4n) is 2.15. The topological polar surface area (TPSA) is 44.7 Å². The molecular weight excluding hydrogens is 252 g/mol. The lowest BCUT2D eigenvalue weighted by Gasteiger charge is -2.18. The van der Waals surface area contributed by atoms with Crippen LogP contribution in [0.5, 0.6) is 0 Å². The van der Waals surface area contributed by atoms with E-state index in [4.69, 9.17) is 4.74 Å². The Kier molecular flexibility index (Phi) is 5.26. The van der Waals surface area contributed by atoms with Crippen LogP contribution in [0.3, 0.4) is 0 Å². The van der Waals surface area contributed by atoms with Crippen molar-refractivity contribution in [3.8, 4) is 0 Å². The maximum atomic E-state index is 9.88. The molecule has 1 aromatic carbocycles. The molecule has 0 spiro atoms. The van der Waals surface area contributed by atoms with Gasteiger partial charge in [0.1, 0.15) is 0 Å². The second-order valence-corrected chi connectivity index (χ2v) is 5.91. The van der Waals surface area contributed by atoms with Crippen LogP contribution >= 0.6 is 0 Å². The second kappa shape index (κ2) is 6.95. The Morgan fingerprint density at radius 1 is 1.40 bits per heavy atom. The molecule has 112 valence electrons. The summed E-state index contributed by atoms with van der Waals surface area (Å²) in [5, 5.41) is 13.1. The van der Waals surface area contributed by atoms with Gasteiger partial charge < -0.3 is 20.1 Å². The van der Waals surface area contributed by atoms with E-state index < -0.39 is 6.10 Å². The van der Waals surface area contributed by atoms with Crippen LogP contribution in [-0.4, -0.2) is 45.1 Å². The van der Waals surface area contributed by atoms with Crippen molar-refractivity contribution in [1.82, 2.24) is 0 Å². The molecule has 1 aliphatic rings. The number of rotatable bonds is 8. The van der Waals surface area contributed by atoms with E-state index in [9.17, 15) is 5.11 Å². The normalized spacial score (nSPS) is 16.0. The molecule has 1 atom stereocenters. The van der Waals surface area contributed by atoms with Crippen LogP contribution in [0.15, 0.2) is 18.2 Å². The van der Waals surface area contributed by atoms with E-state index in [-0.39, 0.29) is 0 Å². The van der Waals surface area contributed by atoms with E-state index in [0.717, 1.165) is 18.2 Å². The van der Waals surface area contributed by atoms with Gasteiger partial charge in [-0.15, -0.1) is 0 Å². The minimum absolute atomic E-state index is 0.413. The Balaban J connectivity index is 1.75. The van der Waals surface area contributed by atoms with Gasteiger partial charge in [0.15, 0.2) is 0 Å². The number of aryl methyl sites for hydroxylation is 1. The summed E-state index contributed by atoms with van der Waals surface area (Å²) < 4.78 is 5.49. The van der Waals surface area contributed by atoms with Crippen molar-refractivity contribution >= 4 is 11.4 Å². The van der Waals surface area contributed by atoms with E-state index in [2.05, 4.69) is 29.3 Å². The van der Waals surface area contributed by atoms with Gasteiger partial charge in [0.25, 0.3) is 0 Å². The summed E-state index contributed by atoms with van der Waals surface area (Å²) in [5.41, 5.74) is 3.46. The SMILES string of the molecule is Cc1ccc(NCC(O)COCC2CC2)cc1N(C)C. The lowest BCUT2D eigenvalue weighted by atomic mass is 10.1. The van der Waals surface area contributed by atoms with Crippen LogP contribution in [0.2, 0.25) is 0 Å². The zero-order valence-corrected chi connectivity index (χ0v) is 12.7. The molecule has 20 heavy (non-hydrogen) atoms. The highest BCUT2D eigenvalue weighted by molar-refractivity contribution is 5.61. The molecule has 0 saturated heterocycles. The third-order valence-electron chi connectivity index (χ3n) is 3.59. The van der Waals surface area contributed by atoms with Crippen LogP contribution in [0.4, 0.5) is 11.4 Å². The van der Waals surface area contributed by atoms with Crippen molar-refractivity contribution < 1.29 is 9.84 Å². The highest BCUT2D eigenvalue weighted by Crippen LogP contribution is 2.28. The number of aliphatic hydroxyl groups excluding tert-OH is 1. The van der Waals surface area contributed by atoms with Gasteiger partial charge >= 0.3 is 0 Å². The Hall–Kier alpha value is -1.26. The Labute approximate surface area is 121 Å². The van der Waals surface area contributed by atoms with Crippen LogP contribution in [0, 0.1) is 12.8 Å². The van der Waals surface area contributed by atoms with Gasteiger partial charge in [-0.05, 0) is 43.4 Å². The van der Waals surface area contributed by atoms with Gasteiger partial charge in [-0.25, -0.2) is 0 Å². The summed E-state index contributed by atoms with van der Waals surface area (Å²) >= 11 is 0. The number of nitrogens with zero attached hydrogens (tertiary/aromatic N) is 1. The van der Waals surface area contributed by atoms with E-state index >= 15 is 0 Å². The third kappa shape index (κ3) is 4.69. The first-order valence-electron chi connectivity index (χ1n) is 7.34. The monoisotopic (exact) mass is 278 g/mol. The first kappa shape index (κ1) is 15.1. The average molecular weight is 278 g/mol. The maximum absolute atomic E-state index is 9.88. The van der Waals surface area contributed by atoms with Gasteiger partial charge in [-0.1, -0.05) is 6.07 Å². The number of anilines is 2. The van der Waals surface area contributed by atoms with Crippen LogP contribution < -0.4 is 10.2 Å². The molecule has 2 N–H and O–H groups in total. The van der Waals surface area contributed by atoms with Gasteiger partial charge in [-0.3, -0.25) is 0 Å². The fraction of sp³-hybridized carbons (Fsp3) is 0.625. The molecule has 0 bridgehead atoms. The summed E-state index contributed by atoms with van der Waals surface area (Å²) in [4.78, 5) is 2.09. The van der Waals surface area contributed by atoms with Crippen LogP contribution in [0.1, 0.15) is 18.4 Å². The second-order valence-electron chi connectivity index (χ2n) is 5.91. The smallest absolute Gasteiger partial charge is 0.0945 e. The highest BCUT2D eigenvalue weighted by Gasteiger charge is 2.21. The maximum Gasteiger partial charge on any atom is 0.0945 e. The number of hydrogen-bond acceptors (Lipinski definition) is 4. The molecule has 1 aromatic rings. The molecule has 1 fully saturated rings. The number of ether oxygens (including phenoxy) is 1. The number of nitrogens with one attached hydrogen (secondary N) is 1. The standard InChI is InChI=1S/C16H26N2O2/c1-12-4-7-14(8-16(12)18(2)3)17-9-15(19)11-20-10-13-5-6-13/h4,7-8,13,15,17,19H,5-6,9-11H2,1-3H3. The number of hydrogen-bond donors (Lipinski definition) is 2. The van der Waals surface area contributed by atoms with Crippen molar-refractivity contribution in [2.24, 2.45) is 5.92 Å². The van der Waals surface area contributed by atoms with E-state index in [1.807, 2.05) is 20.2 Å². The van der Waals surface area contributed by atoms with Crippen LogP contribution in [-0.2, 0) is 4.74 Å². The largest absolute Gasteiger partial charge is 0.389 e. The molecule has 2 rings (SSSR count). The summed E-state index contributed by atoms with van der Waals surface area (Å²) in [7, 11) is 4.07. The molecular formula is C16H26N2O2. The molecule has 1 unspecified atom stereocenters. The molecule has 4 heteroatoms. The lowest BCUT2D eigenvalue weighted by Crippen LogP contribution is -2.25. The van der Waals surface area contributed by atoms with E-state index in [1.165, 1.54) is 24.1 Å². The third-order valence-corrected chi connectivity index (χ3v) is 3.59. The molecule has 1 aliphatic carbocycles. The molecule has 0 amide bonds. The molecule has 0 aliphatic heterocycles. The quantitative estimate of drug-likeness (QED) is 0.765. The van der Waals surface area contributed by atoms with Gasteiger partial charge in [-0.2, -0.15) is 0 Å². The molecule has 0 aromatic heterocycles. The van der Waals surface area contributed by atoms with Gasteiger partial charge in [0.05, 0.1) is 12.7 Å². The summed E-state index contributed by atoms with van der Waals surface area (Å²) in [6, 6.07) is 6.24. The first-order valence-corrected chi connectivity index (χ1v) is 7.34. The Morgan fingerprint density at radius 3 is 2.80 bits per heavy atom. The van der Waals surface area contributed by atoms with Gasteiger partial charge in [0, 0.05) is 38.6 Å². The molecule has 1 saturated carbocycles. The average Bonchev–Trinajstić information content (AvgIpc) is 3.21. The summed E-state index contributed by atoms with van der Waals surface area (Å²) in [6.45, 7) is 3.82. The number of aliphatic hydroxyl groups is 1. The van der Waals surface area contributed by atoms with Crippen molar-refractivity contribution in [2.75, 3.05) is 44.1 Å². The number of benzene rings is 1. The van der Waals surface area contributed by atoms with Crippen molar-refractivity contribution in [3.05, 3.63) is 23.8 Å². The van der Waals surface area contributed by atoms with Crippen LogP contribution in [0.25, 0.3) is 0 Å². The minimum atomic E-state index is -0.460. The van der Waals surface area contributed by atoms with Crippen molar-refractivity contribution in [1.29, 1.82) is 0 Å². The first-order chi connectivity index (χ1) is 9.56. The molecule has 0 radical (unpaired) electrons. The van der Waals surface area contributed by atoms with Crippen molar-refractivity contribution in [2.45, 2.75) is 25.9 Å². The van der Waals surface area contributed by atoms with Crippen molar-refractivity contribution in [3.63, 3.8) is 0 Å². The minimum Gasteiger partial charge on any atom is -0.389 e. The highest BCUT2D eigenvalue weighted by atomic mass is 16.5. The zero-order valence-electron chi connectivity index (χ0n) is 12.7. The fourth-order valence-corrected chi connectivity index (χ4v) is 2.15. The lowest BCUT2D eigenvalue weighted by molar-refractivity contribution is 0.0386. The predicted octanol–water partition coefficient (Wildman–Crippen LogP) is 2.26. The molecule has 0 heterocycles. The van der Waals surface area contributed by atoms with E-state index in [1.54, 1.807) is 0 Å². The Bertz CT molecular complexity index is 430.